The van der Waals surface area contributed by atoms with E-state index in [1.165, 1.54) is 24.6 Å². The lowest BCUT2D eigenvalue weighted by Gasteiger charge is -2.38. The Morgan fingerprint density at radius 3 is 2.57 bits per heavy atom. The van der Waals surface area contributed by atoms with Crippen LogP contribution in [0.25, 0.3) is 0 Å². The third kappa shape index (κ3) is 2.51. The standard InChI is InChI=1S/C14H16O3.C2H6.CH5N/c15-9-5-3-7-1-2-8-4-6-10(16)14-12(8)11(7)13(9)17-14;2*1-2/h3,5,8,10,12,14-16H,1-2,4,6H2;1-2H3;2H2,1H3. The monoisotopic (exact) mass is 293 g/mol. The molecule has 21 heavy (non-hydrogen) atoms. The molecular weight excluding hydrogens is 266 g/mol. The van der Waals surface area contributed by atoms with Gasteiger partial charge in [-0.25, -0.2) is 0 Å². The number of phenolic OH excluding ortho intramolecular Hbond substituents is 1. The minimum atomic E-state index is -0.381. The first kappa shape index (κ1) is 16.1. The molecule has 1 saturated carbocycles. The molecule has 4 atom stereocenters. The summed E-state index contributed by atoms with van der Waals surface area (Å²) in [6.45, 7) is 4.00. The van der Waals surface area contributed by atoms with E-state index in [2.05, 4.69) is 5.73 Å². The summed E-state index contributed by atoms with van der Waals surface area (Å²) in [6.07, 6.45) is 3.67. The Kier molecular flexibility index (Phi) is 5.12. The van der Waals surface area contributed by atoms with Crippen molar-refractivity contribution in [2.24, 2.45) is 11.7 Å². The van der Waals surface area contributed by atoms with Crippen LogP contribution in [-0.4, -0.2) is 29.5 Å². The van der Waals surface area contributed by atoms with Gasteiger partial charge in [-0.3, -0.25) is 0 Å². The van der Waals surface area contributed by atoms with Gasteiger partial charge in [-0.2, -0.15) is 0 Å². The van der Waals surface area contributed by atoms with E-state index in [9.17, 15) is 10.2 Å². The molecule has 0 bridgehead atoms. The van der Waals surface area contributed by atoms with Crippen molar-refractivity contribution in [1.82, 2.24) is 0 Å². The summed E-state index contributed by atoms with van der Waals surface area (Å²) < 4.78 is 5.85. The van der Waals surface area contributed by atoms with Gasteiger partial charge in [0.1, 0.15) is 6.10 Å². The molecule has 4 heteroatoms. The Balaban J connectivity index is 0.000000374. The largest absolute Gasteiger partial charge is 0.504 e. The highest BCUT2D eigenvalue weighted by molar-refractivity contribution is 5.56. The van der Waals surface area contributed by atoms with Gasteiger partial charge in [0.05, 0.1) is 6.10 Å². The highest BCUT2D eigenvalue weighted by atomic mass is 16.5. The number of aromatic hydroxyl groups is 1. The third-order valence-electron chi connectivity index (χ3n) is 4.71. The van der Waals surface area contributed by atoms with Gasteiger partial charge in [-0.15, -0.1) is 0 Å². The van der Waals surface area contributed by atoms with Crippen molar-refractivity contribution >= 4 is 0 Å². The van der Waals surface area contributed by atoms with Gasteiger partial charge in [0, 0.05) is 11.5 Å². The van der Waals surface area contributed by atoms with Gasteiger partial charge in [0.25, 0.3) is 0 Å². The average Bonchev–Trinajstić information content (AvgIpc) is 2.96. The minimum absolute atomic E-state index is 0.129. The number of phenols is 1. The van der Waals surface area contributed by atoms with Crippen LogP contribution in [0.2, 0.25) is 0 Å². The Bertz CT molecular complexity index is 489. The Morgan fingerprint density at radius 1 is 1.14 bits per heavy atom. The van der Waals surface area contributed by atoms with Crippen LogP contribution in [0.4, 0.5) is 0 Å². The predicted molar refractivity (Wildman–Crippen MR) is 83.8 cm³/mol. The molecule has 1 aliphatic heterocycles. The highest BCUT2D eigenvalue weighted by Crippen LogP contribution is 2.56. The molecule has 118 valence electrons. The molecule has 1 aromatic rings. The molecule has 4 rings (SSSR count). The lowest BCUT2D eigenvalue weighted by Crippen LogP contribution is -2.42. The van der Waals surface area contributed by atoms with Crippen LogP contribution < -0.4 is 10.5 Å². The van der Waals surface area contributed by atoms with Crippen LogP contribution in [-0.2, 0) is 6.42 Å². The summed E-state index contributed by atoms with van der Waals surface area (Å²) in [6, 6.07) is 3.73. The predicted octanol–water partition coefficient (Wildman–Crippen LogP) is 2.56. The van der Waals surface area contributed by atoms with E-state index in [0.717, 1.165) is 19.3 Å². The first-order valence-corrected chi connectivity index (χ1v) is 8.03. The van der Waals surface area contributed by atoms with E-state index in [1.54, 1.807) is 6.07 Å². The third-order valence-corrected chi connectivity index (χ3v) is 4.71. The zero-order valence-electron chi connectivity index (χ0n) is 13.2. The molecular formula is C17H27NO3. The minimum Gasteiger partial charge on any atom is -0.504 e. The van der Waals surface area contributed by atoms with Crippen molar-refractivity contribution in [2.75, 3.05) is 7.05 Å². The first-order valence-electron chi connectivity index (χ1n) is 8.03. The Morgan fingerprint density at radius 2 is 1.86 bits per heavy atom. The maximum Gasteiger partial charge on any atom is 0.165 e. The molecule has 4 nitrogen and oxygen atoms in total. The molecule has 0 amide bonds. The second-order valence-corrected chi connectivity index (χ2v) is 5.54. The summed E-state index contributed by atoms with van der Waals surface area (Å²) >= 11 is 0. The topological polar surface area (TPSA) is 75.7 Å². The summed E-state index contributed by atoms with van der Waals surface area (Å²) in [5.74, 6) is 1.80. The molecule has 0 saturated heterocycles. The van der Waals surface area contributed by atoms with Crippen LogP contribution in [0.1, 0.15) is 50.2 Å². The summed E-state index contributed by atoms with van der Waals surface area (Å²) in [5, 5.41) is 20.0. The molecule has 0 radical (unpaired) electrons. The zero-order chi connectivity index (χ0) is 15.6. The lowest BCUT2D eigenvalue weighted by molar-refractivity contribution is -0.0131. The second-order valence-electron chi connectivity index (χ2n) is 5.54. The highest BCUT2D eigenvalue weighted by Gasteiger charge is 2.49. The van der Waals surface area contributed by atoms with Gasteiger partial charge in [0.15, 0.2) is 11.5 Å². The summed E-state index contributed by atoms with van der Waals surface area (Å²) in [5.41, 5.74) is 6.99. The number of hydrogen-bond donors (Lipinski definition) is 3. The van der Waals surface area contributed by atoms with Gasteiger partial charge in [0.2, 0.25) is 0 Å². The molecule has 0 aromatic heterocycles. The number of ether oxygens (including phenoxy) is 1. The van der Waals surface area contributed by atoms with Crippen LogP contribution in [0.15, 0.2) is 12.1 Å². The van der Waals surface area contributed by atoms with E-state index in [1.807, 2.05) is 19.9 Å². The summed E-state index contributed by atoms with van der Waals surface area (Å²) in [4.78, 5) is 0. The normalized spacial score (nSPS) is 30.9. The Labute approximate surface area is 126 Å². The van der Waals surface area contributed by atoms with Crippen molar-refractivity contribution < 1.29 is 14.9 Å². The first-order chi connectivity index (χ1) is 10.3. The lowest BCUT2D eigenvalue weighted by atomic mass is 9.67. The maximum atomic E-state index is 10.1. The van der Waals surface area contributed by atoms with Crippen LogP contribution in [0, 0.1) is 5.92 Å². The van der Waals surface area contributed by atoms with Crippen molar-refractivity contribution in [1.29, 1.82) is 0 Å². The molecule has 4 unspecified atom stereocenters. The molecule has 1 heterocycles. The number of aliphatic hydroxyl groups is 1. The maximum absolute atomic E-state index is 10.1. The molecule has 1 aromatic carbocycles. The quantitative estimate of drug-likeness (QED) is 0.687. The number of hydrogen-bond acceptors (Lipinski definition) is 4. The molecule has 4 N–H and O–H groups in total. The second kappa shape index (κ2) is 6.67. The SMILES string of the molecule is CC.CN.Oc1ccc2c3c1OC1C(O)CCC(CC2)C31. The fraction of sp³-hybridized carbons (Fsp3) is 0.647. The van der Waals surface area contributed by atoms with Crippen LogP contribution >= 0.6 is 0 Å². The fourth-order valence-corrected chi connectivity index (χ4v) is 3.93. The average molecular weight is 293 g/mol. The van der Waals surface area contributed by atoms with Crippen molar-refractivity contribution in [3.63, 3.8) is 0 Å². The van der Waals surface area contributed by atoms with E-state index in [4.69, 9.17) is 4.74 Å². The van der Waals surface area contributed by atoms with Gasteiger partial charge in [-0.05, 0) is 50.3 Å². The van der Waals surface area contributed by atoms with Gasteiger partial charge in [-0.1, -0.05) is 19.9 Å². The van der Waals surface area contributed by atoms with Crippen molar-refractivity contribution in [3.8, 4) is 11.5 Å². The van der Waals surface area contributed by atoms with Crippen LogP contribution in [0.3, 0.4) is 0 Å². The van der Waals surface area contributed by atoms with E-state index >= 15 is 0 Å². The smallest absolute Gasteiger partial charge is 0.165 e. The number of rotatable bonds is 0. The van der Waals surface area contributed by atoms with E-state index in [0.29, 0.717) is 17.6 Å². The summed E-state index contributed by atoms with van der Waals surface area (Å²) in [7, 11) is 1.50. The molecule has 1 fully saturated rings. The molecule has 3 aliphatic rings. The fourth-order valence-electron chi connectivity index (χ4n) is 3.93. The molecule has 0 spiro atoms. The van der Waals surface area contributed by atoms with E-state index in [-0.39, 0.29) is 18.0 Å². The van der Waals surface area contributed by atoms with Gasteiger partial charge < -0.3 is 20.7 Å². The number of nitrogens with two attached hydrogens (primary N) is 1. The van der Waals surface area contributed by atoms with Crippen molar-refractivity contribution in [2.45, 2.75) is 57.7 Å². The number of aliphatic hydroxyl groups excluding tert-OH is 1. The van der Waals surface area contributed by atoms with Crippen molar-refractivity contribution in [3.05, 3.63) is 23.3 Å². The van der Waals surface area contributed by atoms with Gasteiger partial charge >= 0.3 is 0 Å². The Hall–Kier alpha value is -1.26. The van der Waals surface area contributed by atoms with E-state index < -0.39 is 0 Å². The number of aryl methyl sites for hydroxylation is 1. The zero-order valence-corrected chi connectivity index (χ0v) is 13.2. The van der Waals surface area contributed by atoms with Crippen LogP contribution in [0.5, 0.6) is 11.5 Å². The number of benzene rings is 1. The molecule has 2 aliphatic carbocycles.